The van der Waals surface area contributed by atoms with Gasteiger partial charge in [0.15, 0.2) is 0 Å². The average Bonchev–Trinajstić information content (AvgIpc) is 2.67. The van der Waals surface area contributed by atoms with Crippen molar-refractivity contribution in [1.29, 1.82) is 0 Å². The largest absolute Gasteiger partial charge is 0.481 e. The van der Waals surface area contributed by atoms with Gasteiger partial charge in [-0.2, -0.15) is 0 Å². The third-order valence-electron chi connectivity index (χ3n) is 4.03. The molecule has 1 rings (SSSR count). The highest BCUT2D eigenvalue weighted by molar-refractivity contribution is 5.91. The van der Waals surface area contributed by atoms with E-state index in [1.54, 1.807) is 0 Å². The van der Waals surface area contributed by atoms with Crippen LogP contribution in [-0.4, -0.2) is 23.0 Å². The zero-order valence-electron chi connectivity index (χ0n) is 11.5. The molecule has 3 atom stereocenters. The van der Waals surface area contributed by atoms with Gasteiger partial charge in [-0.3, -0.25) is 9.59 Å². The Bertz CT molecular complexity index is 341. The number of carbonyl (C=O) groups is 2. The normalized spacial score (nSPS) is 28.4. The minimum absolute atomic E-state index is 0.0204. The molecule has 98 valence electrons. The Kier molecular flexibility index (Phi) is 3.29. The van der Waals surface area contributed by atoms with Crippen molar-refractivity contribution in [2.75, 3.05) is 0 Å². The maximum Gasteiger partial charge on any atom is 0.307 e. The van der Waals surface area contributed by atoms with Crippen molar-refractivity contribution in [3.05, 3.63) is 0 Å². The molecule has 3 unspecified atom stereocenters. The second-order valence-corrected chi connectivity index (χ2v) is 6.71. The monoisotopic (exact) mass is 241 g/mol. The molecule has 0 aromatic heterocycles. The highest BCUT2D eigenvalue weighted by atomic mass is 16.4. The van der Waals surface area contributed by atoms with Crippen molar-refractivity contribution in [3.63, 3.8) is 0 Å². The van der Waals surface area contributed by atoms with E-state index >= 15 is 0 Å². The fourth-order valence-corrected chi connectivity index (χ4v) is 2.11. The first-order chi connectivity index (χ1) is 7.49. The highest BCUT2D eigenvalue weighted by Gasteiger charge is 2.66. The Balaban J connectivity index is 2.66. The molecule has 0 heterocycles. The van der Waals surface area contributed by atoms with Crippen LogP contribution in [0.3, 0.4) is 0 Å². The zero-order valence-corrected chi connectivity index (χ0v) is 11.5. The molecule has 0 saturated heterocycles. The van der Waals surface area contributed by atoms with Crippen LogP contribution in [0.25, 0.3) is 0 Å². The van der Waals surface area contributed by atoms with E-state index in [1.165, 1.54) is 0 Å². The minimum atomic E-state index is -0.876. The maximum absolute atomic E-state index is 12.0. The van der Waals surface area contributed by atoms with Crippen LogP contribution in [0.5, 0.6) is 0 Å². The maximum atomic E-state index is 12.0. The molecule has 1 aliphatic carbocycles. The van der Waals surface area contributed by atoms with E-state index in [0.717, 1.165) is 0 Å². The van der Waals surface area contributed by atoms with Crippen molar-refractivity contribution in [2.45, 2.75) is 47.6 Å². The van der Waals surface area contributed by atoms with Gasteiger partial charge >= 0.3 is 5.97 Å². The molecular formula is C13H23NO3. The zero-order chi connectivity index (χ0) is 13.6. The lowest BCUT2D eigenvalue weighted by Crippen LogP contribution is -2.42. The molecule has 1 fully saturated rings. The average molecular weight is 241 g/mol. The fraction of sp³-hybridized carbons (Fsp3) is 0.846. The Hall–Kier alpha value is -1.06. The molecule has 0 aromatic carbocycles. The summed E-state index contributed by atoms with van der Waals surface area (Å²) in [5.41, 5.74) is -0.444. The summed E-state index contributed by atoms with van der Waals surface area (Å²) < 4.78 is 0. The van der Waals surface area contributed by atoms with Crippen molar-refractivity contribution in [2.24, 2.45) is 22.7 Å². The summed E-state index contributed by atoms with van der Waals surface area (Å²) in [4.78, 5) is 23.0. The van der Waals surface area contributed by atoms with E-state index < -0.39 is 23.2 Å². The summed E-state index contributed by atoms with van der Waals surface area (Å²) in [5, 5.41) is 11.9. The summed E-state index contributed by atoms with van der Waals surface area (Å²) in [6, 6.07) is 0.0286. The lowest BCUT2D eigenvalue weighted by molar-refractivity contribution is -0.140. The Labute approximate surface area is 103 Å². The summed E-state index contributed by atoms with van der Waals surface area (Å²) in [5.74, 6) is -1.96. The van der Waals surface area contributed by atoms with Crippen molar-refractivity contribution in [3.8, 4) is 0 Å². The van der Waals surface area contributed by atoms with Crippen molar-refractivity contribution < 1.29 is 14.7 Å². The third kappa shape index (κ3) is 2.61. The molecule has 0 bridgehead atoms. The minimum Gasteiger partial charge on any atom is -0.481 e. The molecule has 17 heavy (non-hydrogen) atoms. The van der Waals surface area contributed by atoms with Gasteiger partial charge in [-0.1, -0.05) is 34.6 Å². The first-order valence-corrected chi connectivity index (χ1v) is 6.02. The molecule has 0 aliphatic heterocycles. The SMILES string of the molecule is CC(NC(=O)C1C(C(=O)O)C1(C)C)C(C)(C)C. The quantitative estimate of drug-likeness (QED) is 0.793. The van der Waals surface area contributed by atoms with E-state index in [4.69, 9.17) is 5.11 Å². The van der Waals surface area contributed by atoms with Crippen LogP contribution >= 0.6 is 0 Å². The van der Waals surface area contributed by atoms with Crippen LogP contribution < -0.4 is 5.32 Å². The van der Waals surface area contributed by atoms with Gasteiger partial charge in [0.1, 0.15) is 0 Å². The summed E-state index contributed by atoms with van der Waals surface area (Å²) >= 11 is 0. The first kappa shape index (κ1) is 14.0. The molecule has 4 heteroatoms. The number of hydrogen-bond acceptors (Lipinski definition) is 2. The second kappa shape index (κ2) is 4.00. The van der Waals surface area contributed by atoms with Crippen LogP contribution in [0.15, 0.2) is 0 Å². The van der Waals surface area contributed by atoms with Crippen LogP contribution in [0.1, 0.15) is 41.5 Å². The third-order valence-corrected chi connectivity index (χ3v) is 4.03. The van der Waals surface area contributed by atoms with Crippen LogP contribution in [0.4, 0.5) is 0 Å². The summed E-state index contributed by atoms with van der Waals surface area (Å²) in [6.07, 6.45) is 0. The standard InChI is InChI=1S/C13H23NO3/c1-7(12(2,3)4)14-10(15)8-9(11(16)17)13(8,5)6/h7-9H,1-6H3,(H,14,15)(H,16,17). The summed E-state index contributed by atoms with van der Waals surface area (Å²) in [7, 11) is 0. The molecule has 0 radical (unpaired) electrons. The number of aliphatic carboxylic acids is 1. The van der Waals surface area contributed by atoms with Gasteiger partial charge < -0.3 is 10.4 Å². The Morgan fingerprint density at radius 1 is 1.24 bits per heavy atom. The van der Waals surface area contributed by atoms with E-state index in [0.29, 0.717) is 0 Å². The van der Waals surface area contributed by atoms with E-state index in [2.05, 4.69) is 5.32 Å². The fourth-order valence-electron chi connectivity index (χ4n) is 2.11. The molecule has 1 aliphatic rings. The number of nitrogens with one attached hydrogen (secondary N) is 1. The molecule has 1 saturated carbocycles. The number of carbonyl (C=O) groups excluding carboxylic acids is 1. The Morgan fingerprint density at radius 3 is 2.00 bits per heavy atom. The second-order valence-electron chi connectivity index (χ2n) is 6.71. The topological polar surface area (TPSA) is 66.4 Å². The van der Waals surface area contributed by atoms with Gasteiger partial charge in [-0.25, -0.2) is 0 Å². The predicted octanol–water partition coefficient (Wildman–Crippen LogP) is 1.89. The molecule has 2 N–H and O–H groups in total. The van der Waals surface area contributed by atoms with E-state index in [1.807, 2.05) is 41.5 Å². The highest BCUT2D eigenvalue weighted by Crippen LogP contribution is 2.58. The van der Waals surface area contributed by atoms with Crippen molar-refractivity contribution in [1.82, 2.24) is 5.32 Å². The number of hydrogen-bond donors (Lipinski definition) is 2. The molecule has 4 nitrogen and oxygen atoms in total. The summed E-state index contributed by atoms with van der Waals surface area (Å²) in [6.45, 7) is 11.7. The van der Waals surface area contributed by atoms with E-state index in [-0.39, 0.29) is 17.4 Å². The number of rotatable bonds is 3. The molecule has 0 aromatic rings. The van der Waals surface area contributed by atoms with Gasteiger partial charge in [0.25, 0.3) is 0 Å². The number of carboxylic acids is 1. The van der Waals surface area contributed by atoms with Gasteiger partial charge in [-0.15, -0.1) is 0 Å². The molecule has 0 spiro atoms. The predicted molar refractivity (Wildman–Crippen MR) is 65.5 cm³/mol. The lowest BCUT2D eigenvalue weighted by Gasteiger charge is -2.28. The number of carboxylic acid groups (broad SMARTS) is 1. The molecular weight excluding hydrogens is 218 g/mol. The number of amides is 1. The molecule has 1 amide bonds. The van der Waals surface area contributed by atoms with Crippen LogP contribution in [-0.2, 0) is 9.59 Å². The van der Waals surface area contributed by atoms with E-state index in [9.17, 15) is 9.59 Å². The lowest BCUT2D eigenvalue weighted by atomic mass is 9.88. The van der Waals surface area contributed by atoms with Gasteiger partial charge in [0, 0.05) is 6.04 Å². The van der Waals surface area contributed by atoms with Gasteiger partial charge in [0.05, 0.1) is 11.8 Å². The van der Waals surface area contributed by atoms with Crippen LogP contribution in [0.2, 0.25) is 0 Å². The van der Waals surface area contributed by atoms with Crippen LogP contribution in [0, 0.1) is 22.7 Å². The van der Waals surface area contributed by atoms with Gasteiger partial charge in [0.2, 0.25) is 5.91 Å². The Morgan fingerprint density at radius 2 is 1.71 bits per heavy atom. The van der Waals surface area contributed by atoms with Crippen molar-refractivity contribution >= 4 is 11.9 Å². The van der Waals surface area contributed by atoms with Gasteiger partial charge in [-0.05, 0) is 17.8 Å². The first-order valence-electron chi connectivity index (χ1n) is 6.02. The smallest absolute Gasteiger partial charge is 0.307 e.